The average molecular weight is 352 g/mol. The molecule has 0 aliphatic heterocycles. The largest absolute Gasteiger partial charge is 0.235 e. The fraction of sp³-hybridized carbons (Fsp3) is 0.222. The number of hydrogen-bond donors (Lipinski definition) is 0. The summed E-state index contributed by atoms with van der Waals surface area (Å²) in [4.78, 5) is 13.7. The third-order valence-corrected chi connectivity index (χ3v) is 4.00. The van der Waals surface area contributed by atoms with Crippen LogP contribution >= 0.6 is 38.5 Å². The lowest BCUT2D eigenvalue weighted by atomic mass is 10.1. The van der Waals surface area contributed by atoms with Crippen LogP contribution in [0.15, 0.2) is 27.7 Å². The van der Waals surface area contributed by atoms with Gasteiger partial charge in [-0.3, -0.25) is 0 Å². The van der Waals surface area contributed by atoms with Crippen molar-refractivity contribution in [3.63, 3.8) is 0 Å². The Balaban J connectivity index is 3.03. The Hall–Kier alpha value is -0.190. The van der Waals surface area contributed by atoms with Gasteiger partial charge in [-0.1, -0.05) is 6.07 Å². The first-order valence-corrected chi connectivity index (χ1v) is 5.54. The SMILES string of the molecule is CC(N=C=O)c1ccc(Br)c(I)c1. The van der Waals surface area contributed by atoms with Gasteiger partial charge in [-0.25, -0.2) is 4.79 Å². The second-order valence-corrected chi connectivity index (χ2v) is 4.59. The molecular weight excluding hydrogens is 345 g/mol. The van der Waals surface area contributed by atoms with Crippen molar-refractivity contribution < 1.29 is 4.79 Å². The first kappa shape index (κ1) is 10.9. The predicted octanol–water partition coefficient (Wildman–Crippen LogP) is 3.45. The highest BCUT2D eigenvalue weighted by Gasteiger charge is 2.04. The number of nitrogens with zero attached hydrogens (tertiary/aromatic N) is 1. The first-order chi connectivity index (χ1) is 6.15. The van der Waals surface area contributed by atoms with E-state index < -0.39 is 0 Å². The quantitative estimate of drug-likeness (QED) is 0.456. The van der Waals surface area contributed by atoms with Crippen molar-refractivity contribution in [3.05, 3.63) is 31.8 Å². The van der Waals surface area contributed by atoms with Gasteiger partial charge < -0.3 is 0 Å². The smallest absolute Gasteiger partial charge is 0.211 e. The van der Waals surface area contributed by atoms with Crippen molar-refractivity contribution in [1.29, 1.82) is 0 Å². The monoisotopic (exact) mass is 351 g/mol. The van der Waals surface area contributed by atoms with E-state index in [1.165, 1.54) is 0 Å². The maximum atomic E-state index is 10.0. The lowest BCUT2D eigenvalue weighted by molar-refractivity contribution is 0.559. The number of aliphatic imine (C=N–C) groups is 1. The molecule has 0 N–H and O–H groups in total. The molecule has 1 rings (SSSR count). The Morgan fingerprint density at radius 1 is 1.62 bits per heavy atom. The van der Waals surface area contributed by atoms with Gasteiger partial charge >= 0.3 is 0 Å². The Labute approximate surface area is 98.7 Å². The molecular formula is C9H7BrINO. The molecule has 0 fully saturated rings. The predicted molar refractivity (Wildman–Crippen MR) is 63.4 cm³/mol. The Morgan fingerprint density at radius 3 is 2.85 bits per heavy atom. The molecule has 1 aromatic rings. The van der Waals surface area contributed by atoms with Crippen LogP contribution in [0.1, 0.15) is 18.5 Å². The van der Waals surface area contributed by atoms with E-state index in [2.05, 4.69) is 43.5 Å². The van der Waals surface area contributed by atoms with Gasteiger partial charge in [0, 0.05) is 8.04 Å². The zero-order chi connectivity index (χ0) is 9.84. The summed E-state index contributed by atoms with van der Waals surface area (Å²) in [5.41, 5.74) is 1.02. The van der Waals surface area contributed by atoms with E-state index in [4.69, 9.17) is 0 Å². The molecule has 4 heteroatoms. The van der Waals surface area contributed by atoms with Crippen molar-refractivity contribution >= 4 is 44.6 Å². The molecule has 1 unspecified atom stereocenters. The van der Waals surface area contributed by atoms with Crippen molar-refractivity contribution in [2.45, 2.75) is 13.0 Å². The second kappa shape index (κ2) is 4.88. The molecule has 1 aromatic carbocycles. The third kappa shape index (κ3) is 2.90. The maximum absolute atomic E-state index is 10.0. The van der Waals surface area contributed by atoms with E-state index in [9.17, 15) is 4.79 Å². The van der Waals surface area contributed by atoms with Crippen LogP contribution in [0.3, 0.4) is 0 Å². The highest BCUT2D eigenvalue weighted by molar-refractivity contribution is 14.1. The van der Waals surface area contributed by atoms with E-state index in [1.54, 1.807) is 6.08 Å². The standard InChI is InChI=1S/C9H7BrINO/c1-6(12-5-13)7-2-3-8(10)9(11)4-7/h2-4,6H,1H3. The lowest BCUT2D eigenvalue weighted by Crippen LogP contribution is -1.90. The summed E-state index contributed by atoms with van der Waals surface area (Å²) in [6, 6.07) is 5.78. The summed E-state index contributed by atoms with van der Waals surface area (Å²) >= 11 is 5.63. The average Bonchev–Trinajstić information content (AvgIpc) is 2.10. The lowest BCUT2D eigenvalue weighted by Gasteiger charge is -2.05. The van der Waals surface area contributed by atoms with Crippen LogP contribution in [0.2, 0.25) is 0 Å². The summed E-state index contributed by atoms with van der Waals surface area (Å²) < 4.78 is 2.17. The van der Waals surface area contributed by atoms with E-state index in [-0.39, 0.29) is 6.04 Å². The Bertz CT molecular complexity index is 361. The van der Waals surface area contributed by atoms with Crippen LogP contribution in [-0.2, 0) is 4.79 Å². The van der Waals surface area contributed by atoms with E-state index in [1.807, 2.05) is 25.1 Å². The number of benzene rings is 1. The van der Waals surface area contributed by atoms with Crippen LogP contribution in [0, 0.1) is 3.57 Å². The van der Waals surface area contributed by atoms with Crippen molar-refractivity contribution in [2.24, 2.45) is 4.99 Å². The van der Waals surface area contributed by atoms with Gasteiger partial charge in [0.1, 0.15) is 0 Å². The topological polar surface area (TPSA) is 29.4 Å². The third-order valence-electron chi connectivity index (χ3n) is 1.67. The molecule has 0 aromatic heterocycles. The van der Waals surface area contributed by atoms with Gasteiger partial charge in [-0.05, 0) is 63.1 Å². The van der Waals surface area contributed by atoms with Gasteiger partial charge in [0.05, 0.1) is 6.04 Å². The Morgan fingerprint density at radius 2 is 2.31 bits per heavy atom. The maximum Gasteiger partial charge on any atom is 0.235 e. The van der Waals surface area contributed by atoms with Crippen LogP contribution < -0.4 is 0 Å². The minimum absolute atomic E-state index is 0.112. The number of halogens is 2. The normalized spacial score (nSPS) is 11.9. The van der Waals surface area contributed by atoms with Gasteiger partial charge in [0.15, 0.2) is 0 Å². The van der Waals surface area contributed by atoms with E-state index in [0.717, 1.165) is 13.6 Å². The highest BCUT2D eigenvalue weighted by Crippen LogP contribution is 2.24. The molecule has 0 radical (unpaired) electrons. The summed E-state index contributed by atoms with van der Waals surface area (Å²) in [6.07, 6.45) is 1.56. The molecule has 0 aliphatic rings. The van der Waals surface area contributed by atoms with Gasteiger partial charge in [0.25, 0.3) is 0 Å². The molecule has 0 saturated heterocycles. The number of carbonyl (C=O) groups excluding carboxylic acids is 1. The van der Waals surface area contributed by atoms with Crippen LogP contribution in [0.25, 0.3) is 0 Å². The van der Waals surface area contributed by atoms with Crippen LogP contribution in [0.4, 0.5) is 0 Å². The molecule has 0 aliphatic carbocycles. The molecule has 0 saturated carbocycles. The fourth-order valence-corrected chi connectivity index (χ4v) is 1.71. The highest BCUT2D eigenvalue weighted by atomic mass is 127. The minimum Gasteiger partial charge on any atom is -0.211 e. The molecule has 1 atom stereocenters. The fourth-order valence-electron chi connectivity index (χ4n) is 0.926. The molecule has 0 amide bonds. The zero-order valence-electron chi connectivity index (χ0n) is 6.92. The first-order valence-electron chi connectivity index (χ1n) is 3.67. The number of hydrogen-bond acceptors (Lipinski definition) is 2. The summed E-state index contributed by atoms with van der Waals surface area (Å²) in [5.74, 6) is 0. The van der Waals surface area contributed by atoms with Gasteiger partial charge in [-0.2, -0.15) is 4.99 Å². The molecule has 2 nitrogen and oxygen atoms in total. The van der Waals surface area contributed by atoms with Crippen molar-refractivity contribution in [1.82, 2.24) is 0 Å². The number of isocyanates is 1. The van der Waals surface area contributed by atoms with E-state index >= 15 is 0 Å². The van der Waals surface area contributed by atoms with Crippen molar-refractivity contribution in [2.75, 3.05) is 0 Å². The second-order valence-electron chi connectivity index (χ2n) is 2.57. The molecule has 0 heterocycles. The number of rotatable bonds is 2. The van der Waals surface area contributed by atoms with Gasteiger partial charge in [-0.15, -0.1) is 0 Å². The molecule has 13 heavy (non-hydrogen) atoms. The molecule has 0 bridgehead atoms. The summed E-state index contributed by atoms with van der Waals surface area (Å²) in [7, 11) is 0. The van der Waals surface area contributed by atoms with Crippen LogP contribution in [0.5, 0.6) is 0 Å². The minimum atomic E-state index is -0.112. The van der Waals surface area contributed by atoms with Crippen molar-refractivity contribution in [3.8, 4) is 0 Å². The molecule has 0 spiro atoms. The molecule has 68 valence electrons. The zero-order valence-corrected chi connectivity index (χ0v) is 10.7. The van der Waals surface area contributed by atoms with Crippen LogP contribution in [-0.4, -0.2) is 6.08 Å². The van der Waals surface area contributed by atoms with Gasteiger partial charge in [0.2, 0.25) is 6.08 Å². The summed E-state index contributed by atoms with van der Waals surface area (Å²) in [6.45, 7) is 1.87. The summed E-state index contributed by atoms with van der Waals surface area (Å²) in [5, 5.41) is 0. The Kier molecular flexibility index (Phi) is 4.09. The van der Waals surface area contributed by atoms with E-state index in [0.29, 0.717) is 0 Å².